The summed E-state index contributed by atoms with van der Waals surface area (Å²) < 4.78 is 5.31. The quantitative estimate of drug-likeness (QED) is 0.813. The first-order chi connectivity index (χ1) is 7.66. The molecule has 1 amide bonds. The zero-order valence-corrected chi connectivity index (χ0v) is 9.02. The number of nitrogens with zero attached hydrogens (tertiary/aromatic N) is 2. The summed E-state index contributed by atoms with van der Waals surface area (Å²) in [6.07, 6.45) is 4.61. The maximum atomic E-state index is 11.7. The first-order valence-electron chi connectivity index (χ1n) is 4.89. The van der Waals surface area contributed by atoms with Crippen LogP contribution >= 0.6 is 0 Å². The lowest BCUT2D eigenvalue weighted by Gasteiger charge is -2.08. The van der Waals surface area contributed by atoms with Crippen LogP contribution in [-0.2, 0) is 0 Å². The number of amides is 1. The summed E-state index contributed by atoms with van der Waals surface area (Å²) in [4.78, 5) is 15.7. The first kappa shape index (κ1) is 10.4. The van der Waals surface area contributed by atoms with Crippen LogP contribution in [0.3, 0.4) is 0 Å². The van der Waals surface area contributed by atoms with Crippen molar-refractivity contribution in [1.82, 2.24) is 20.5 Å². The fraction of sp³-hybridized carbons (Fsp3) is 0.300. The summed E-state index contributed by atoms with van der Waals surface area (Å²) >= 11 is 0. The van der Waals surface area contributed by atoms with Gasteiger partial charge in [-0.05, 0) is 13.8 Å². The topological polar surface area (TPSA) is 83.8 Å². The summed E-state index contributed by atoms with van der Waals surface area (Å²) in [7, 11) is 0. The highest BCUT2D eigenvalue weighted by Gasteiger charge is 2.15. The molecule has 84 valence electrons. The van der Waals surface area contributed by atoms with E-state index < -0.39 is 0 Å². The number of hydrogen-bond acceptors (Lipinski definition) is 4. The van der Waals surface area contributed by atoms with E-state index in [1.807, 2.05) is 6.92 Å². The Labute approximate surface area is 92.1 Å². The standard InChI is InChI=1S/C10H12N4O2/c1-6-3-11-10(16-6)7(2)14-9(15)8-4-12-13-5-8/h3-5,7H,1-2H3,(H,12,13)(H,14,15). The molecule has 0 aliphatic rings. The van der Waals surface area contributed by atoms with Crippen LogP contribution in [0.15, 0.2) is 23.0 Å². The molecular formula is C10H12N4O2. The second kappa shape index (κ2) is 4.18. The average molecular weight is 220 g/mol. The summed E-state index contributed by atoms with van der Waals surface area (Å²) in [6, 6.07) is -0.268. The molecule has 0 bridgehead atoms. The van der Waals surface area contributed by atoms with Crippen LogP contribution < -0.4 is 5.32 Å². The van der Waals surface area contributed by atoms with Gasteiger partial charge in [0.1, 0.15) is 11.8 Å². The molecule has 0 aliphatic heterocycles. The Bertz CT molecular complexity index is 475. The SMILES string of the molecule is Cc1cnc(C(C)NC(=O)c2cn[nH]c2)o1. The van der Waals surface area contributed by atoms with Crippen LogP contribution in [0.2, 0.25) is 0 Å². The number of rotatable bonds is 3. The van der Waals surface area contributed by atoms with Gasteiger partial charge in [0, 0.05) is 6.20 Å². The molecule has 6 nitrogen and oxygen atoms in total. The zero-order valence-electron chi connectivity index (χ0n) is 9.02. The molecule has 2 aromatic rings. The Balaban J connectivity index is 2.03. The van der Waals surface area contributed by atoms with Gasteiger partial charge in [0.2, 0.25) is 5.89 Å². The lowest BCUT2D eigenvalue weighted by Crippen LogP contribution is -2.26. The van der Waals surface area contributed by atoms with E-state index in [1.54, 1.807) is 13.1 Å². The van der Waals surface area contributed by atoms with Gasteiger partial charge in [0.15, 0.2) is 0 Å². The van der Waals surface area contributed by atoms with Gasteiger partial charge in [0.05, 0.1) is 18.0 Å². The van der Waals surface area contributed by atoms with Gasteiger partial charge in [0.25, 0.3) is 5.91 Å². The minimum absolute atomic E-state index is 0.211. The van der Waals surface area contributed by atoms with Crippen molar-refractivity contribution < 1.29 is 9.21 Å². The van der Waals surface area contributed by atoms with Crippen LogP contribution in [0.25, 0.3) is 0 Å². The highest BCUT2D eigenvalue weighted by Crippen LogP contribution is 2.12. The Morgan fingerprint density at radius 1 is 1.56 bits per heavy atom. The van der Waals surface area contributed by atoms with Crippen molar-refractivity contribution in [2.45, 2.75) is 19.9 Å². The molecule has 0 saturated carbocycles. The molecule has 6 heteroatoms. The summed E-state index contributed by atoms with van der Waals surface area (Å²) in [6.45, 7) is 3.62. The van der Waals surface area contributed by atoms with Gasteiger partial charge in [-0.25, -0.2) is 4.98 Å². The Morgan fingerprint density at radius 2 is 2.38 bits per heavy atom. The van der Waals surface area contributed by atoms with Crippen molar-refractivity contribution in [1.29, 1.82) is 0 Å². The fourth-order valence-corrected chi connectivity index (χ4v) is 1.29. The molecule has 0 aromatic carbocycles. The van der Waals surface area contributed by atoms with E-state index in [9.17, 15) is 4.79 Å². The lowest BCUT2D eigenvalue weighted by molar-refractivity contribution is 0.0934. The summed E-state index contributed by atoms with van der Waals surface area (Å²) in [5.41, 5.74) is 0.482. The van der Waals surface area contributed by atoms with Crippen molar-refractivity contribution in [3.05, 3.63) is 35.8 Å². The number of aryl methyl sites for hydroxylation is 1. The largest absolute Gasteiger partial charge is 0.444 e. The summed E-state index contributed by atoms with van der Waals surface area (Å²) in [5.74, 6) is 1.01. The van der Waals surface area contributed by atoms with Crippen molar-refractivity contribution in [2.75, 3.05) is 0 Å². The zero-order chi connectivity index (χ0) is 11.5. The maximum absolute atomic E-state index is 11.7. The van der Waals surface area contributed by atoms with Gasteiger partial charge in [-0.2, -0.15) is 5.10 Å². The van der Waals surface area contributed by atoms with Gasteiger partial charge in [-0.15, -0.1) is 0 Å². The summed E-state index contributed by atoms with van der Waals surface area (Å²) in [5, 5.41) is 9.04. The van der Waals surface area contributed by atoms with Gasteiger partial charge < -0.3 is 9.73 Å². The van der Waals surface area contributed by atoms with Gasteiger partial charge in [-0.1, -0.05) is 0 Å². The highest BCUT2D eigenvalue weighted by molar-refractivity contribution is 5.93. The fourth-order valence-electron chi connectivity index (χ4n) is 1.29. The van der Waals surface area contributed by atoms with Crippen LogP contribution in [0.4, 0.5) is 0 Å². The molecule has 0 fully saturated rings. The molecule has 2 aromatic heterocycles. The predicted molar refractivity (Wildman–Crippen MR) is 55.7 cm³/mol. The van der Waals surface area contributed by atoms with Crippen molar-refractivity contribution in [2.24, 2.45) is 0 Å². The first-order valence-corrected chi connectivity index (χ1v) is 4.89. The third-order valence-corrected chi connectivity index (χ3v) is 2.12. The van der Waals surface area contributed by atoms with Crippen molar-refractivity contribution >= 4 is 5.91 Å². The molecule has 0 aliphatic carbocycles. The van der Waals surface area contributed by atoms with Gasteiger partial charge >= 0.3 is 0 Å². The Morgan fingerprint density at radius 3 is 2.94 bits per heavy atom. The molecule has 0 radical (unpaired) electrons. The third kappa shape index (κ3) is 2.10. The minimum atomic E-state index is -0.268. The minimum Gasteiger partial charge on any atom is -0.444 e. The number of nitrogens with one attached hydrogen (secondary N) is 2. The van der Waals surface area contributed by atoms with Crippen LogP contribution in [0.5, 0.6) is 0 Å². The van der Waals surface area contributed by atoms with Crippen LogP contribution in [0.1, 0.15) is 35.0 Å². The lowest BCUT2D eigenvalue weighted by atomic mass is 10.3. The molecule has 0 spiro atoms. The van der Waals surface area contributed by atoms with E-state index in [0.29, 0.717) is 11.5 Å². The molecule has 2 heterocycles. The Hall–Kier alpha value is -2.11. The normalized spacial score (nSPS) is 12.4. The molecule has 2 rings (SSSR count). The number of carbonyl (C=O) groups is 1. The smallest absolute Gasteiger partial charge is 0.255 e. The van der Waals surface area contributed by atoms with Crippen molar-refractivity contribution in [3.63, 3.8) is 0 Å². The molecule has 0 saturated heterocycles. The van der Waals surface area contributed by atoms with Gasteiger partial charge in [-0.3, -0.25) is 9.89 Å². The maximum Gasteiger partial charge on any atom is 0.255 e. The Kier molecular flexibility index (Phi) is 2.72. The molecule has 1 atom stereocenters. The van der Waals surface area contributed by atoms with E-state index in [0.717, 1.165) is 5.76 Å². The van der Waals surface area contributed by atoms with Crippen molar-refractivity contribution in [3.8, 4) is 0 Å². The van der Waals surface area contributed by atoms with Crippen LogP contribution in [-0.4, -0.2) is 21.1 Å². The molecule has 16 heavy (non-hydrogen) atoms. The number of carbonyl (C=O) groups excluding carboxylic acids is 1. The average Bonchev–Trinajstić information content (AvgIpc) is 2.87. The number of aromatic amines is 1. The number of aromatic nitrogens is 3. The molecular weight excluding hydrogens is 208 g/mol. The molecule has 1 unspecified atom stereocenters. The highest BCUT2D eigenvalue weighted by atomic mass is 16.4. The van der Waals surface area contributed by atoms with E-state index in [1.165, 1.54) is 12.4 Å². The predicted octanol–water partition coefficient (Wildman–Crippen LogP) is 1.20. The second-order valence-corrected chi connectivity index (χ2v) is 3.49. The van der Waals surface area contributed by atoms with E-state index >= 15 is 0 Å². The van der Waals surface area contributed by atoms with Crippen LogP contribution in [0, 0.1) is 6.92 Å². The number of H-pyrrole nitrogens is 1. The number of hydrogen-bond donors (Lipinski definition) is 2. The van der Waals surface area contributed by atoms with E-state index in [2.05, 4.69) is 20.5 Å². The van der Waals surface area contributed by atoms with E-state index in [4.69, 9.17) is 4.42 Å². The number of oxazole rings is 1. The monoisotopic (exact) mass is 220 g/mol. The third-order valence-electron chi connectivity index (χ3n) is 2.12. The molecule has 2 N–H and O–H groups in total. The second-order valence-electron chi connectivity index (χ2n) is 3.49. The van der Waals surface area contributed by atoms with E-state index in [-0.39, 0.29) is 11.9 Å².